The summed E-state index contributed by atoms with van der Waals surface area (Å²) in [5, 5.41) is 22.4. The number of piperidine rings is 1. The molecule has 4 atom stereocenters. The van der Waals surface area contributed by atoms with Gasteiger partial charge in [-0.2, -0.15) is 0 Å². The number of Topliss-reactive ketones (excluding diaryl/α,β-unsaturated/α-hetero) is 1. The molecule has 20 aromatic rings. The first kappa shape index (κ1) is 97.4. The minimum absolute atomic E-state index is 0.0119. The van der Waals surface area contributed by atoms with E-state index >= 15 is 0 Å². The number of para-hydroxylation sites is 1. The number of pyridine rings is 5. The maximum Gasteiger partial charge on any atom is 0.269 e. The van der Waals surface area contributed by atoms with Crippen LogP contribution in [0.4, 0.5) is 5.69 Å². The number of carbonyl (C=O) groups excluding carboxylic acids is 3. The number of aromatic nitrogens is 15. The van der Waals surface area contributed by atoms with Gasteiger partial charge >= 0.3 is 0 Å². The van der Waals surface area contributed by atoms with Gasteiger partial charge in [-0.05, 0) is 177 Å². The van der Waals surface area contributed by atoms with Crippen LogP contribution in [0.1, 0.15) is 96.2 Å². The van der Waals surface area contributed by atoms with Gasteiger partial charge in [0.1, 0.15) is 63.0 Å². The van der Waals surface area contributed by atoms with E-state index in [-0.39, 0.29) is 69.4 Å². The van der Waals surface area contributed by atoms with Crippen molar-refractivity contribution in [1.29, 1.82) is 0 Å². The number of carbonyl (C=O) groups is 3. The van der Waals surface area contributed by atoms with Crippen LogP contribution in [-0.4, -0.2) is 196 Å². The SMILES string of the molecule is Cc1cc(-c2csc3c(=O)[nH]c(-c4ccccn4)nc23)ccc1CN(C)C.Cc1ccccc1C1CN(C(=O)c2csc3c(=O)[nH]c(-c4ccccn4)nc23)CCN1.O=C(c1csc2c(=O)[nH]c(-c3ccccn3)nc12)C1CC2CC1CN2c1ccccc1.O=C(c1csc2c(=O)[nH]c(-c3ccccn3)nc12)N1CCN(Cc2ccccc2)CC1.O=c1[nH]c(-c2ccccn2)nc2c(-c3ccc(C4(CO)CC4)cc3)csc12. The van der Waals surface area contributed by atoms with Crippen LogP contribution < -0.4 is 38.0 Å². The van der Waals surface area contributed by atoms with E-state index < -0.39 is 0 Å². The molecule has 0 radical (unpaired) electrons. The molecule has 3 saturated heterocycles. The molecule has 5 aromatic carbocycles. The molecular weight excluding hydrogens is 1940 g/mol. The number of rotatable bonds is 19. The van der Waals surface area contributed by atoms with E-state index in [2.05, 4.69) is 204 Å². The molecule has 2 bridgehead atoms. The predicted molar refractivity (Wildman–Crippen MR) is 582 cm³/mol. The molecule has 2 saturated carbocycles. The van der Waals surface area contributed by atoms with Crippen LogP contribution in [0.15, 0.2) is 300 Å². The molecule has 35 heteroatoms. The molecule has 25 rings (SSSR count). The van der Waals surface area contributed by atoms with E-state index in [4.69, 9.17) is 9.97 Å². The maximum absolute atomic E-state index is 13.5. The fourth-order valence-corrected chi connectivity index (χ4v) is 24.0. The number of hydrogen-bond donors (Lipinski definition) is 7. The van der Waals surface area contributed by atoms with Crippen LogP contribution in [0.25, 0.3) is 131 Å². The normalized spacial score (nSPS) is 16.2. The van der Waals surface area contributed by atoms with Crippen molar-refractivity contribution in [3.05, 3.63) is 378 Å². The number of aromatic amines is 5. The van der Waals surface area contributed by atoms with E-state index in [0.29, 0.717) is 165 Å². The van der Waals surface area contributed by atoms with Crippen LogP contribution in [0.5, 0.6) is 0 Å². The molecule has 18 heterocycles. The zero-order valence-electron chi connectivity index (χ0n) is 80.4. The zero-order chi connectivity index (χ0) is 101. The summed E-state index contributed by atoms with van der Waals surface area (Å²) in [7, 11) is 4.13. The van der Waals surface area contributed by atoms with Gasteiger partial charge in [-0.3, -0.25) is 68.2 Å². The summed E-state index contributed by atoms with van der Waals surface area (Å²) in [5.41, 5.74) is 18.9. The average molecular weight is 2040 g/mol. The Labute approximate surface area is 861 Å². The average Bonchev–Trinajstić information content (AvgIpc) is 1.61. The summed E-state index contributed by atoms with van der Waals surface area (Å²) in [6.45, 7) is 11.9. The molecule has 2 amide bonds. The summed E-state index contributed by atoms with van der Waals surface area (Å²) in [6, 6.07) is 71.5. The molecular formula is C112H99N21O9S5. The Morgan fingerprint density at radius 3 is 1.29 bits per heavy atom. The lowest BCUT2D eigenvalue weighted by Gasteiger charge is -2.34. The minimum atomic E-state index is -0.257. The van der Waals surface area contributed by atoms with Crippen LogP contribution in [0.2, 0.25) is 0 Å². The quantitative estimate of drug-likeness (QED) is 0.0370. The Balaban J connectivity index is 0.000000108. The number of hydrogen-bond acceptors (Lipinski definition) is 28. The molecule has 5 aliphatic rings. The summed E-state index contributed by atoms with van der Waals surface area (Å²) >= 11 is 6.62. The van der Waals surface area contributed by atoms with Crippen molar-refractivity contribution in [2.75, 3.05) is 78.0 Å². The number of anilines is 1. The number of H-pyrrole nitrogens is 5. The number of aliphatic hydroxyl groups excluding tert-OH is 1. The van der Waals surface area contributed by atoms with Crippen LogP contribution in [0.3, 0.4) is 0 Å². The Bertz CT molecular complexity index is 8550. The highest BCUT2D eigenvalue weighted by atomic mass is 32.1. The van der Waals surface area contributed by atoms with E-state index in [0.717, 1.165) is 86.2 Å². The summed E-state index contributed by atoms with van der Waals surface area (Å²) in [5.74, 6) is 2.38. The topological polar surface area (TPSA) is 393 Å². The van der Waals surface area contributed by atoms with Crippen molar-refractivity contribution in [2.45, 2.75) is 70.1 Å². The van der Waals surface area contributed by atoms with Crippen molar-refractivity contribution >= 4 is 131 Å². The second-order valence-corrected chi connectivity index (χ2v) is 41.6. The first-order valence-electron chi connectivity index (χ1n) is 48.3. The van der Waals surface area contributed by atoms with Crippen molar-refractivity contribution in [1.82, 2.24) is 99.7 Å². The van der Waals surface area contributed by atoms with E-state index in [9.17, 15) is 43.5 Å². The van der Waals surface area contributed by atoms with Gasteiger partial charge in [-0.1, -0.05) is 146 Å². The summed E-state index contributed by atoms with van der Waals surface area (Å²) in [6.07, 6.45) is 12.3. The van der Waals surface area contributed by atoms with Gasteiger partial charge in [0.2, 0.25) is 0 Å². The fraction of sp³-hybridized carbons (Fsp3) is 0.214. The second-order valence-electron chi connectivity index (χ2n) is 37.2. The Hall–Kier alpha value is -15.7. The van der Waals surface area contributed by atoms with Crippen molar-refractivity contribution in [3.63, 3.8) is 0 Å². The number of ketones is 1. The Morgan fingerprint density at radius 2 is 0.850 bits per heavy atom. The molecule has 4 unspecified atom stereocenters. The van der Waals surface area contributed by atoms with Crippen LogP contribution >= 0.6 is 56.7 Å². The van der Waals surface area contributed by atoms with Gasteiger partial charge < -0.3 is 54.9 Å². The van der Waals surface area contributed by atoms with Gasteiger partial charge in [0, 0.05) is 158 Å². The van der Waals surface area contributed by atoms with Crippen LogP contribution in [0, 0.1) is 25.7 Å². The zero-order valence-corrected chi connectivity index (χ0v) is 84.5. The highest BCUT2D eigenvalue weighted by Gasteiger charge is 2.49. The van der Waals surface area contributed by atoms with Gasteiger partial charge in [0.15, 0.2) is 34.9 Å². The van der Waals surface area contributed by atoms with Gasteiger partial charge in [-0.15, -0.1) is 56.7 Å². The molecule has 147 heavy (non-hydrogen) atoms. The lowest BCUT2D eigenvalue weighted by Crippen LogP contribution is -2.48. The lowest BCUT2D eigenvalue weighted by molar-refractivity contribution is 0.0629. The van der Waals surface area contributed by atoms with Gasteiger partial charge in [-0.25, -0.2) is 24.9 Å². The number of nitrogens with one attached hydrogen (secondary N) is 6. The third-order valence-electron chi connectivity index (χ3n) is 27.4. The highest BCUT2D eigenvalue weighted by Crippen LogP contribution is 2.49. The molecule has 736 valence electrons. The first-order chi connectivity index (χ1) is 71.7. The molecule has 15 aromatic heterocycles. The molecule has 2 aliphatic carbocycles. The highest BCUT2D eigenvalue weighted by molar-refractivity contribution is 7.19. The van der Waals surface area contributed by atoms with Crippen LogP contribution in [-0.2, 0) is 18.5 Å². The van der Waals surface area contributed by atoms with E-state index in [1.165, 1.54) is 95.8 Å². The Kier molecular flexibility index (Phi) is 28.4. The smallest absolute Gasteiger partial charge is 0.269 e. The molecule has 5 fully saturated rings. The van der Waals surface area contributed by atoms with Crippen molar-refractivity contribution in [2.24, 2.45) is 11.8 Å². The number of benzene rings is 5. The van der Waals surface area contributed by atoms with E-state index in [1.807, 2.05) is 118 Å². The number of thiophene rings is 5. The lowest BCUT2D eigenvalue weighted by atomic mass is 9.87. The standard InChI is InChI=1S/C24H20N4O2S.2C23H21N5O2S.C21H20N4OS.C21H17N3O2S/c29-21(17-11-16-10-14(17)12-28(16)15-6-2-1-3-7-15)18-13-31-22-20(18)26-23(27-24(22)30)19-8-4-5-9-25-19;1-14-6-2-3-7-15(14)18-12-28(11-10-25-18)23(30)16-13-31-20-19(16)26-21(27-22(20)29)17-8-4-5-9-24-17;29-22-20-19(25-21(26-22)18-8-4-5-9-24-18)17(15-31-20)23(30)28-12-10-27(11-13-28)14-16-6-2-1-3-7-16;1-13-10-14(7-8-15(13)11-25(2)3)16-12-27-19-18(16)23-20(24-21(19)26)17-6-4-5-9-22-17;25-12-21(8-9-21)14-6-4-13(5-7-14)15-11-27-18-17(15)23-19(24-20(18)26)16-3-1-2-10-22-16/h1-9,13-14,16-17H,10-12H2,(H,26,27,30);2-9,13,18,25H,10-12H2,1H3,(H,26,27,29);1-9,15H,10-14H2,(H,25,26,29);4-10,12H,11H2,1-3H3,(H,23,24,26);1-7,10-11,25H,8-9,12H2,(H,23,24,26). The molecule has 30 nitrogen and oxygen atoms in total. The number of amides is 2. The fourth-order valence-electron chi connectivity index (χ4n) is 19.5. The molecule has 3 aliphatic heterocycles. The number of aliphatic hydroxyl groups is 1. The largest absolute Gasteiger partial charge is 0.395 e. The summed E-state index contributed by atoms with van der Waals surface area (Å²) < 4.78 is 2.67. The predicted octanol–water partition coefficient (Wildman–Crippen LogP) is 18.1. The Morgan fingerprint density at radius 1 is 0.429 bits per heavy atom. The third-order valence-corrected chi connectivity index (χ3v) is 32.2. The van der Waals surface area contributed by atoms with E-state index in [1.54, 1.807) is 77.5 Å². The van der Waals surface area contributed by atoms with Gasteiger partial charge in [0.05, 0.1) is 45.9 Å². The number of nitrogens with zero attached hydrogens (tertiary/aromatic N) is 15. The summed E-state index contributed by atoms with van der Waals surface area (Å²) in [4.78, 5) is 172. The number of piperazine rings is 2. The number of fused-ring (bicyclic) bond motifs is 7. The first-order valence-corrected chi connectivity index (χ1v) is 52.7. The third kappa shape index (κ3) is 20.8. The molecule has 7 N–H and O–H groups in total. The maximum atomic E-state index is 13.5. The monoisotopic (exact) mass is 2040 g/mol. The van der Waals surface area contributed by atoms with Crippen molar-refractivity contribution in [3.8, 4) is 79.8 Å². The minimum Gasteiger partial charge on any atom is -0.395 e. The van der Waals surface area contributed by atoms with Crippen molar-refractivity contribution < 1.29 is 19.5 Å². The second kappa shape index (κ2) is 42.9. The number of aryl methyl sites for hydroxylation is 2. The van der Waals surface area contributed by atoms with Gasteiger partial charge in [0.25, 0.3) is 39.6 Å². The molecule has 0 spiro atoms.